The summed E-state index contributed by atoms with van der Waals surface area (Å²) < 4.78 is 2.08. The van der Waals surface area contributed by atoms with Crippen LogP contribution in [0.3, 0.4) is 0 Å². The monoisotopic (exact) mass is 457 g/mol. The van der Waals surface area contributed by atoms with E-state index in [-0.39, 0.29) is 5.91 Å². The summed E-state index contributed by atoms with van der Waals surface area (Å²) in [7, 11) is 0. The third-order valence-electron chi connectivity index (χ3n) is 5.43. The summed E-state index contributed by atoms with van der Waals surface area (Å²) in [6.45, 7) is 6.10. The van der Waals surface area contributed by atoms with Crippen LogP contribution >= 0.6 is 11.8 Å². The molecule has 2 heterocycles. The second-order valence-electron chi connectivity index (χ2n) is 7.94. The normalized spacial score (nSPS) is 10.9. The highest BCUT2D eigenvalue weighted by Crippen LogP contribution is 2.29. The second kappa shape index (κ2) is 10.4. The Hall–Kier alpha value is -3.45. The number of rotatable bonds is 8. The number of hydrogen-bond acceptors (Lipinski definition) is 5. The van der Waals surface area contributed by atoms with Crippen LogP contribution in [0.4, 0.5) is 5.69 Å². The highest BCUT2D eigenvalue weighted by atomic mass is 32.2. The molecule has 0 aliphatic carbocycles. The number of nitrogens with one attached hydrogen (secondary N) is 1. The predicted molar refractivity (Wildman–Crippen MR) is 134 cm³/mol. The molecule has 0 atom stereocenters. The largest absolute Gasteiger partial charge is 0.326 e. The Bertz CT molecular complexity index is 1230. The number of carbonyl (C=O) groups excluding carboxylic acids is 1. The van der Waals surface area contributed by atoms with Gasteiger partial charge in [0.1, 0.15) is 0 Å². The number of thioether (sulfide) groups is 1. The van der Waals surface area contributed by atoms with Crippen molar-refractivity contribution >= 4 is 23.4 Å². The molecule has 168 valence electrons. The van der Waals surface area contributed by atoms with Gasteiger partial charge in [0.15, 0.2) is 11.0 Å². The van der Waals surface area contributed by atoms with Crippen molar-refractivity contribution in [2.75, 3.05) is 11.1 Å². The molecule has 4 rings (SSSR count). The lowest BCUT2D eigenvalue weighted by Gasteiger charge is -2.13. The van der Waals surface area contributed by atoms with Crippen LogP contribution in [0.5, 0.6) is 0 Å². The smallest absolute Gasteiger partial charge is 0.224 e. The topological polar surface area (TPSA) is 72.7 Å². The minimum Gasteiger partial charge on any atom is -0.326 e. The van der Waals surface area contributed by atoms with Crippen LogP contribution in [-0.2, 0) is 4.79 Å². The average Bonchev–Trinajstić information content (AvgIpc) is 3.24. The first-order chi connectivity index (χ1) is 16.0. The van der Waals surface area contributed by atoms with Crippen LogP contribution in [0.25, 0.3) is 17.1 Å². The predicted octanol–water partition coefficient (Wildman–Crippen LogP) is 5.77. The molecule has 0 aliphatic rings. The Kier molecular flexibility index (Phi) is 7.19. The van der Waals surface area contributed by atoms with Crippen LogP contribution < -0.4 is 5.32 Å². The molecule has 0 bridgehead atoms. The van der Waals surface area contributed by atoms with Crippen molar-refractivity contribution in [3.8, 4) is 17.1 Å². The summed E-state index contributed by atoms with van der Waals surface area (Å²) in [6, 6.07) is 18.1. The quantitative estimate of drug-likeness (QED) is 0.269. The maximum absolute atomic E-state index is 12.5. The Morgan fingerprint density at radius 1 is 0.939 bits per heavy atom. The third-order valence-corrected chi connectivity index (χ3v) is 6.45. The summed E-state index contributed by atoms with van der Waals surface area (Å²) in [5, 5.41) is 12.8. The molecule has 2 aromatic carbocycles. The summed E-state index contributed by atoms with van der Waals surface area (Å²) in [6.07, 6.45) is 4.74. The Labute approximate surface area is 198 Å². The number of nitrogens with zero attached hydrogens (tertiary/aromatic N) is 4. The van der Waals surface area contributed by atoms with Gasteiger partial charge >= 0.3 is 0 Å². The molecule has 0 saturated heterocycles. The number of carbonyl (C=O) groups is 1. The van der Waals surface area contributed by atoms with Crippen molar-refractivity contribution in [2.24, 2.45) is 0 Å². The van der Waals surface area contributed by atoms with E-state index in [1.807, 2.05) is 56.3 Å². The summed E-state index contributed by atoms with van der Waals surface area (Å²) in [4.78, 5) is 16.7. The molecule has 2 aromatic heterocycles. The molecular weight excluding hydrogens is 430 g/mol. The molecule has 0 aliphatic heterocycles. The number of anilines is 1. The van der Waals surface area contributed by atoms with Crippen LogP contribution in [0.15, 0.2) is 72.1 Å². The third kappa shape index (κ3) is 5.31. The zero-order chi connectivity index (χ0) is 23.2. The molecule has 1 N–H and O–H groups in total. The zero-order valence-corrected chi connectivity index (χ0v) is 19.9. The lowest BCUT2D eigenvalue weighted by Crippen LogP contribution is -2.13. The number of hydrogen-bond donors (Lipinski definition) is 1. The standard InChI is InChI=1S/C26H27N5OS/c1-18-9-4-5-13-22(18)31-25(21-12-7-15-27-17-21)29-30-26(31)33-16-8-14-23(32)28-24-19(2)10-6-11-20(24)3/h4-7,9-13,15,17H,8,14,16H2,1-3H3,(H,28,32). The first-order valence-corrected chi connectivity index (χ1v) is 11.9. The van der Waals surface area contributed by atoms with Crippen molar-refractivity contribution in [1.29, 1.82) is 0 Å². The lowest BCUT2D eigenvalue weighted by atomic mass is 10.1. The number of pyridine rings is 1. The van der Waals surface area contributed by atoms with E-state index in [0.717, 1.165) is 56.8 Å². The number of aryl methyl sites for hydroxylation is 3. The number of benzene rings is 2. The van der Waals surface area contributed by atoms with Gasteiger partial charge in [-0.1, -0.05) is 48.2 Å². The van der Waals surface area contributed by atoms with E-state index in [2.05, 4.69) is 44.1 Å². The maximum atomic E-state index is 12.5. The molecule has 6 nitrogen and oxygen atoms in total. The highest BCUT2D eigenvalue weighted by molar-refractivity contribution is 7.99. The number of para-hydroxylation sites is 2. The minimum absolute atomic E-state index is 0.0319. The van der Waals surface area contributed by atoms with Crippen LogP contribution in [0, 0.1) is 20.8 Å². The van der Waals surface area contributed by atoms with Crippen LogP contribution in [-0.4, -0.2) is 31.4 Å². The maximum Gasteiger partial charge on any atom is 0.224 e. The van der Waals surface area contributed by atoms with Gasteiger partial charge in [-0.25, -0.2) is 0 Å². The average molecular weight is 458 g/mol. The Morgan fingerprint density at radius 3 is 2.42 bits per heavy atom. The van der Waals surface area contributed by atoms with Crippen LogP contribution in [0.1, 0.15) is 29.5 Å². The highest BCUT2D eigenvalue weighted by Gasteiger charge is 2.17. The van der Waals surface area contributed by atoms with E-state index >= 15 is 0 Å². The Balaban J connectivity index is 1.46. The Morgan fingerprint density at radius 2 is 1.70 bits per heavy atom. The van der Waals surface area contributed by atoms with Gasteiger partial charge in [0.05, 0.1) is 5.69 Å². The SMILES string of the molecule is Cc1ccccc1-n1c(SCCCC(=O)Nc2c(C)cccc2C)nnc1-c1cccnc1. The van der Waals surface area contributed by atoms with Gasteiger partial charge in [-0.05, 0) is 62.1 Å². The molecule has 33 heavy (non-hydrogen) atoms. The molecule has 0 spiro atoms. The van der Waals surface area contributed by atoms with Gasteiger partial charge in [-0.15, -0.1) is 10.2 Å². The van der Waals surface area contributed by atoms with Crippen molar-refractivity contribution in [3.63, 3.8) is 0 Å². The molecule has 7 heteroatoms. The van der Waals surface area contributed by atoms with Gasteiger partial charge in [0.25, 0.3) is 0 Å². The summed E-state index contributed by atoms with van der Waals surface area (Å²) in [5.74, 6) is 1.55. The molecule has 0 radical (unpaired) electrons. The lowest BCUT2D eigenvalue weighted by molar-refractivity contribution is -0.116. The van der Waals surface area contributed by atoms with Gasteiger partial charge in [-0.3, -0.25) is 14.3 Å². The number of amides is 1. The molecule has 0 fully saturated rings. The minimum atomic E-state index is 0.0319. The fraction of sp³-hybridized carbons (Fsp3) is 0.231. The van der Waals surface area contributed by atoms with Crippen molar-refractivity contribution in [1.82, 2.24) is 19.7 Å². The molecule has 4 aromatic rings. The van der Waals surface area contributed by atoms with Crippen molar-refractivity contribution in [2.45, 2.75) is 38.8 Å². The summed E-state index contributed by atoms with van der Waals surface area (Å²) in [5.41, 5.74) is 6.15. The van der Waals surface area contributed by atoms with E-state index in [1.165, 1.54) is 0 Å². The molecule has 0 saturated carbocycles. The van der Waals surface area contributed by atoms with Crippen molar-refractivity contribution < 1.29 is 4.79 Å². The molecule has 0 unspecified atom stereocenters. The van der Waals surface area contributed by atoms with Crippen LogP contribution in [0.2, 0.25) is 0 Å². The molecular formula is C26H27N5OS. The van der Waals surface area contributed by atoms with E-state index in [1.54, 1.807) is 24.2 Å². The second-order valence-corrected chi connectivity index (χ2v) is 9.00. The van der Waals surface area contributed by atoms with Gasteiger partial charge in [-0.2, -0.15) is 0 Å². The molecule has 1 amide bonds. The van der Waals surface area contributed by atoms with E-state index in [0.29, 0.717) is 6.42 Å². The fourth-order valence-corrected chi connectivity index (χ4v) is 4.57. The van der Waals surface area contributed by atoms with Gasteiger partial charge in [0.2, 0.25) is 5.91 Å². The zero-order valence-electron chi connectivity index (χ0n) is 19.1. The van der Waals surface area contributed by atoms with Gasteiger partial charge < -0.3 is 5.32 Å². The van der Waals surface area contributed by atoms with E-state index < -0.39 is 0 Å². The van der Waals surface area contributed by atoms with Gasteiger partial charge in [0, 0.05) is 35.8 Å². The fourth-order valence-electron chi connectivity index (χ4n) is 3.69. The number of aromatic nitrogens is 4. The first-order valence-electron chi connectivity index (χ1n) is 11.0. The van der Waals surface area contributed by atoms with E-state index in [4.69, 9.17) is 0 Å². The van der Waals surface area contributed by atoms with E-state index in [9.17, 15) is 4.79 Å². The summed E-state index contributed by atoms with van der Waals surface area (Å²) >= 11 is 1.61. The van der Waals surface area contributed by atoms with Crippen molar-refractivity contribution in [3.05, 3.63) is 83.7 Å². The first kappa shape index (κ1) is 22.7.